The van der Waals surface area contributed by atoms with Gasteiger partial charge in [-0.25, -0.2) is 0 Å². The van der Waals surface area contributed by atoms with E-state index in [0.29, 0.717) is 25.4 Å². The Morgan fingerprint density at radius 1 is 1.04 bits per heavy atom. The highest BCUT2D eigenvalue weighted by molar-refractivity contribution is 5.91. The molecular formula is C21H29N3O3. The van der Waals surface area contributed by atoms with Crippen LogP contribution in [0.25, 0.3) is 0 Å². The Hall–Kier alpha value is -1.82. The Labute approximate surface area is 160 Å². The average Bonchev–Trinajstić information content (AvgIpc) is 3.14. The molecule has 0 unspecified atom stereocenters. The van der Waals surface area contributed by atoms with Crippen molar-refractivity contribution < 1.29 is 14.0 Å². The van der Waals surface area contributed by atoms with Crippen LogP contribution in [0.4, 0.5) is 0 Å². The standard InChI is InChI=1S/C21H29N3O3/c25-19(22-21-11-15-8-16(12-21)10-17(9-15)13-21)14-23-3-5-24(6-4-23)20(26)18-2-1-7-27-18/h1-2,7,15-17H,3-6,8-14H2,(H,22,25). The van der Waals surface area contributed by atoms with E-state index >= 15 is 0 Å². The van der Waals surface area contributed by atoms with E-state index < -0.39 is 0 Å². The van der Waals surface area contributed by atoms with Crippen LogP contribution in [-0.4, -0.2) is 59.9 Å². The molecule has 4 aliphatic carbocycles. The lowest BCUT2D eigenvalue weighted by Gasteiger charge is -2.57. The van der Waals surface area contributed by atoms with Gasteiger partial charge in [0.15, 0.2) is 5.76 Å². The minimum Gasteiger partial charge on any atom is -0.459 e. The third-order valence-electron chi connectivity index (χ3n) is 7.20. The molecule has 6 heteroatoms. The van der Waals surface area contributed by atoms with Crippen molar-refractivity contribution >= 4 is 11.8 Å². The van der Waals surface area contributed by atoms with Gasteiger partial charge in [0.25, 0.3) is 5.91 Å². The fraction of sp³-hybridized carbons (Fsp3) is 0.714. The number of carbonyl (C=O) groups is 2. The van der Waals surface area contributed by atoms with E-state index in [9.17, 15) is 9.59 Å². The van der Waals surface area contributed by atoms with Gasteiger partial charge in [-0.2, -0.15) is 0 Å². The summed E-state index contributed by atoms with van der Waals surface area (Å²) < 4.78 is 5.21. The zero-order valence-electron chi connectivity index (χ0n) is 15.9. The monoisotopic (exact) mass is 371 g/mol. The van der Waals surface area contributed by atoms with Gasteiger partial charge in [-0.1, -0.05) is 0 Å². The Morgan fingerprint density at radius 2 is 1.67 bits per heavy atom. The first kappa shape index (κ1) is 17.3. The molecule has 6 nitrogen and oxygen atoms in total. The topological polar surface area (TPSA) is 65.8 Å². The molecule has 146 valence electrons. The summed E-state index contributed by atoms with van der Waals surface area (Å²) in [5, 5.41) is 3.45. The third kappa shape index (κ3) is 3.40. The second-order valence-corrected chi connectivity index (χ2v) is 9.29. The van der Waals surface area contributed by atoms with Crippen LogP contribution in [0.15, 0.2) is 22.8 Å². The molecular weight excluding hydrogens is 342 g/mol. The van der Waals surface area contributed by atoms with Crippen molar-refractivity contribution in [3.8, 4) is 0 Å². The molecule has 1 saturated heterocycles. The van der Waals surface area contributed by atoms with Crippen LogP contribution in [0.3, 0.4) is 0 Å². The summed E-state index contributed by atoms with van der Waals surface area (Å²) in [4.78, 5) is 29.1. The number of hydrogen-bond acceptors (Lipinski definition) is 4. The maximum Gasteiger partial charge on any atom is 0.289 e. The Bertz CT molecular complexity index is 671. The molecule has 5 aliphatic rings. The van der Waals surface area contributed by atoms with E-state index in [1.807, 2.05) is 4.90 Å². The molecule has 1 aromatic heterocycles. The molecule has 5 fully saturated rings. The van der Waals surface area contributed by atoms with Crippen LogP contribution in [0, 0.1) is 17.8 Å². The minimum atomic E-state index is -0.0577. The van der Waals surface area contributed by atoms with Crippen molar-refractivity contribution in [3.63, 3.8) is 0 Å². The zero-order chi connectivity index (χ0) is 18.4. The van der Waals surface area contributed by atoms with Gasteiger partial charge >= 0.3 is 0 Å². The van der Waals surface area contributed by atoms with Crippen LogP contribution < -0.4 is 5.32 Å². The summed E-state index contributed by atoms with van der Waals surface area (Å²) >= 11 is 0. The van der Waals surface area contributed by atoms with Crippen molar-refractivity contribution in [2.24, 2.45) is 17.8 Å². The number of rotatable bonds is 4. The summed E-state index contributed by atoms with van der Waals surface area (Å²) in [6.45, 7) is 3.21. The van der Waals surface area contributed by atoms with Crippen LogP contribution in [0.2, 0.25) is 0 Å². The summed E-state index contributed by atoms with van der Waals surface area (Å²) in [6, 6.07) is 3.44. The predicted octanol–water partition coefficient (Wildman–Crippen LogP) is 2.12. The van der Waals surface area contributed by atoms with Gasteiger partial charge in [0.2, 0.25) is 5.91 Å². The third-order valence-corrected chi connectivity index (χ3v) is 7.20. The quantitative estimate of drug-likeness (QED) is 0.881. The minimum absolute atomic E-state index is 0.0577. The Kier molecular flexibility index (Phi) is 4.26. The molecule has 1 aromatic rings. The van der Waals surface area contributed by atoms with Crippen molar-refractivity contribution in [3.05, 3.63) is 24.2 Å². The molecule has 2 heterocycles. The lowest BCUT2D eigenvalue weighted by atomic mass is 9.53. The Morgan fingerprint density at radius 3 is 2.22 bits per heavy atom. The molecule has 0 aromatic carbocycles. The molecule has 0 spiro atoms. The van der Waals surface area contributed by atoms with Crippen LogP contribution in [0.5, 0.6) is 0 Å². The van der Waals surface area contributed by atoms with Crippen molar-refractivity contribution in [2.45, 2.75) is 44.1 Å². The molecule has 1 aliphatic heterocycles. The fourth-order valence-electron chi connectivity index (χ4n) is 6.47. The van der Waals surface area contributed by atoms with Gasteiger partial charge in [0.05, 0.1) is 12.8 Å². The Balaban J connectivity index is 1.12. The van der Waals surface area contributed by atoms with Gasteiger partial charge in [0, 0.05) is 31.7 Å². The first-order valence-corrected chi connectivity index (χ1v) is 10.4. The number of hydrogen-bond donors (Lipinski definition) is 1. The summed E-state index contributed by atoms with van der Waals surface area (Å²) in [5.74, 6) is 3.02. The average molecular weight is 371 g/mol. The number of piperazine rings is 1. The molecule has 2 amide bonds. The molecule has 6 rings (SSSR count). The zero-order valence-corrected chi connectivity index (χ0v) is 15.9. The van der Waals surface area contributed by atoms with E-state index in [1.54, 1.807) is 12.1 Å². The highest BCUT2D eigenvalue weighted by atomic mass is 16.3. The summed E-state index contributed by atoms with van der Waals surface area (Å²) in [5.41, 5.74) is 0.0862. The SMILES string of the molecule is O=C(CN1CCN(C(=O)c2ccco2)CC1)NC12CC3CC(CC(C3)C1)C2. The second kappa shape index (κ2) is 6.66. The van der Waals surface area contributed by atoms with Gasteiger partial charge in [-0.05, 0) is 68.4 Å². The highest BCUT2D eigenvalue weighted by Crippen LogP contribution is 2.55. The van der Waals surface area contributed by atoms with Gasteiger partial charge in [-0.3, -0.25) is 14.5 Å². The van der Waals surface area contributed by atoms with Gasteiger partial charge in [-0.15, -0.1) is 0 Å². The van der Waals surface area contributed by atoms with Crippen molar-refractivity contribution in [2.75, 3.05) is 32.7 Å². The molecule has 4 saturated carbocycles. The van der Waals surface area contributed by atoms with E-state index in [4.69, 9.17) is 4.42 Å². The lowest BCUT2D eigenvalue weighted by Crippen LogP contribution is -2.61. The molecule has 1 N–H and O–H groups in total. The molecule has 4 bridgehead atoms. The predicted molar refractivity (Wildman–Crippen MR) is 100 cm³/mol. The highest BCUT2D eigenvalue weighted by Gasteiger charge is 2.51. The number of furan rings is 1. The molecule has 27 heavy (non-hydrogen) atoms. The van der Waals surface area contributed by atoms with E-state index in [0.717, 1.165) is 30.8 Å². The van der Waals surface area contributed by atoms with E-state index in [-0.39, 0.29) is 17.4 Å². The van der Waals surface area contributed by atoms with E-state index in [1.165, 1.54) is 44.8 Å². The molecule has 0 atom stereocenters. The lowest BCUT2D eigenvalue weighted by molar-refractivity contribution is -0.128. The number of nitrogens with zero attached hydrogens (tertiary/aromatic N) is 2. The van der Waals surface area contributed by atoms with Crippen molar-refractivity contribution in [1.82, 2.24) is 15.1 Å². The normalized spacial score (nSPS) is 35.4. The van der Waals surface area contributed by atoms with Crippen LogP contribution >= 0.6 is 0 Å². The number of amides is 2. The summed E-state index contributed by atoms with van der Waals surface area (Å²) in [6.07, 6.45) is 9.27. The van der Waals surface area contributed by atoms with Crippen LogP contribution in [-0.2, 0) is 4.79 Å². The van der Waals surface area contributed by atoms with Gasteiger partial charge in [0.1, 0.15) is 0 Å². The van der Waals surface area contributed by atoms with E-state index in [2.05, 4.69) is 10.2 Å². The van der Waals surface area contributed by atoms with Crippen molar-refractivity contribution in [1.29, 1.82) is 0 Å². The maximum absolute atomic E-state index is 12.7. The molecule has 0 radical (unpaired) electrons. The first-order chi connectivity index (χ1) is 13.1. The van der Waals surface area contributed by atoms with Gasteiger partial charge < -0.3 is 14.6 Å². The number of nitrogens with one attached hydrogen (secondary N) is 1. The second-order valence-electron chi connectivity index (χ2n) is 9.29. The fourth-order valence-corrected chi connectivity index (χ4v) is 6.47. The first-order valence-electron chi connectivity index (χ1n) is 10.4. The summed E-state index contributed by atoms with van der Waals surface area (Å²) in [7, 11) is 0. The number of carbonyl (C=O) groups excluding carboxylic acids is 2. The smallest absolute Gasteiger partial charge is 0.289 e. The maximum atomic E-state index is 12.7. The van der Waals surface area contributed by atoms with Crippen LogP contribution in [0.1, 0.15) is 49.1 Å². The largest absolute Gasteiger partial charge is 0.459 e.